The molecule has 1 N–H and O–H groups in total. The number of hydrogen-bond acceptors (Lipinski definition) is 4. The molecule has 0 amide bonds. The second-order valence-corrected chi connectivity index (χ2v) is 9.07. The van der Waals surface area contributed by atoms with Crippen molar-refractivity contribution in [3.63, 3.8) is 0 Å². The maximum absolute atomic E-state index is 13.6. The van der Waals surface area contributed by atoms with Crippen LogP contribution in [0.1, 0.15) is 19.8 Å². The Morgan fingerprint density at radius 3 is 2.32 bits per heavy atom. The van der Waals surface area contributed by atoms with Crippen LogP contribution in [0.3, 0.4) is 0 Å². The van der Waals surface area contributed by atoms with Gasteiger partial charge in [-0.3, -0.25) is 0 Å². The summed E-state index contributed by atoms with van der Waals surface area (Å²) in [5.41, 5.74) is 0. The summed E-state index contributed by atoms with van der Waals surface area (Å²) in [5, 5.41) is 0. The van der Waals surface area contributed by atoms with Crippen molar-refractivity contribution in [2.75, 3.05) is 18.8 Å². The Labute approximate surface area is 130 Å². The average molecular weight is 350 g/mol. The summed E-state index contributed by atoms with van der Waals surface area (Å²) in [7, 11) is -7.19. The fraction of sp³-hybridized carbons (Fsp3) is 0.538. The number of halogens is 1. The lowest BCUT2D eigenvalue weighted by Crippen LogP contribution is -2.46. The number of benzene rings is 1. The molecular formula is C13H19FN2O4S2. The van der Waals surface area contributed by atoms with Gasteiger partial charge in [-0.15, -0.1) is 0 Å². The number of sulfonamides is 2. The van der Waals surface area contributed by atoms with Crippen molar-refractivity contribution in [3.05, 3.63) is 30.1 Å². The highest BCUT2D eigenvalue weighted by Crippen LogP contribution is 2.18. The van der Waals surface area contributed by atoms with Crippen molar-refractivity contribution in [2.45, 2.75) is 30.7 Å². The summed E-state index contributed by atoms with van der Waals surface area (Å²) < 4.78 is 65.3. The molecule has 1 aromatic rings. The summed E-state index contributed by atoms with van der Waals surface area (Å²) in [4.78, 5) is -0.390. The van der Waals surface area contributed by atoms with E-state index in [0.717, 1.165) is 6.07 Å². The molecule has 1 heterocycles. The van der Waals surface area contributed by atoms with Gasteiger partial charge in [0.05, 0.1) is 5.75 Å². The van der Waals surface area contributed by atoms with Crippen LogP contribution in [0, 0.1) is 5.82 Å². The minimum absolute atomic E-state index is 0.0264. The van der Waals surface area contributed by atoms with Crippen molar-refractivity contribution >= 4 is 20.0 Å². The molecule has 0 saturated carbocycles. The van der Waals surface area contributed by atoms with E-state index in [4.69, 9.17) is 0 Å². The van der Waals surface area contributed by atoms with Crippen LogP contribution in [-0.2, 0) is 20.0 Å². The Kier molecular flexibility index (Phi) is 5.21. The number of nitrogens with one attached hydrogen (secondary N) is 1. The van der Waals surface area contributed by atoms with E-state index in [0.29, 0.717) is 12.8 Å². The number of rotatable bonds is 5. The first-order chi connectivity index (χ1) is 10.3. The maximum Gasteiger partial charge on any atom is 0.243 e. The molecule has 6 nitrogen and oxygen atoms in total. The van der Waals surface area contributed by atoms with Crippen LogP contribution in [0.2, 0.25) is 0 Å². The van der Waals surface area contributed by atoms with Crippen LogP contribution in [-0.4, -0.2) is 46.0 Å². The topological polar surface area (TPSA) is 83.6 Å². The molecule has 0 aromatic heterocycles. The Morgan fingerprint density at radius 2 is 1.77 bits per heavy atom. The molecule has 0 radical (unpaired) electrons. The normalized spacial score (nSPS) is 18.5. The highest BCUT2D eigenvalue weighted by atomic mass is 32.2. The van der Waals surface area contributed by atoms with Gasteiger partial charge < -0.3 is 0 Å². The van der Waals surface area contributed by atoms with Gasteiger partial charge in [0.15, 0.2) is 0 Å². The van der Waals surface area contributed by atoms with Gasteiger partial charge >= 0.3 is 0 Å². The molecule has 2 rings (SSSR count). The molecule has 1 aromatic carbocycles. The molecule has 0 spiro atoms. The van der Waals surface area contributed by atoms with Crippen LogP contribution >= 0.6 is 0 Å². The van der Waals surface area contributed by atoms with E-state index in [2.05, 4.69) is 4.72 Å². The van der Waals surface area contributed by atoms with Gasteiger partial charge in [0, 0.05) is 19.1 Å². The molecule has 22 heavy (non-hydrogen) atoms. The van der Waals surface area contributed by atoms with Gasteiger partial charge in [-0.25, -0.2) is 30.3 Å². The molecule has 9 heteroatoms. The van der Waals surface area contributed by atoms with E-state index < -0.39 is 36.8 Å². The highest BCUT2D eigenvalue weighted by molar-refractivity contribution is 7.89. The van der Waals surface area contributed by atoms with Crippen LogP contribution in [0.15, 0.2) is 29.2 Å². The van der Waals surface area contributed by atoms with Gasteiger partial charge in [0.2, 0.25) is 20.0 Å². The van der Waals surface area contributed by atoms with E-state index in [1.165, 1.54) is 22.5 Å². The third-order valence-electron chi connectivity index (χ3n) is 3.66. The lowest BCUT2D eigenvalue weighted by Gasteiger charge is -2.31. The van der Waals surface area contributed by atoms with Crippen molar-refractivity contribution in [3.8, 4) is 0 Å². The summed E-state index contributed by atoms with van der Waals surface area (Å²) >= 11 is 0. The van der Waals surface area contributed by atoms with Gasteiger partial charge in [0.25, 0.3) is 0 Å². The van der Waals surface area contributed by atoms with Crippen molar-refractivity contribution in [2.24, 2.45) is 0 Å². The van der Waals surface area contributed by atoms with Crippen molar-refractivity contribution < 1.29 is 21.2 Å². The molecule has 1 saturated heterocycles. The third-order valence-corrected chi connectivity index (χ3v) is 7.10. The Balaban J connectivity index is 2.03. The van der Waals surface area contributed by atoms with E-state index in [9.17, 15) is 21.2 Å². The monoisotopic (exact) mass is 350 g/mol. The van der Waals surface area contributed by atoms with Gasteiger partial charge in [-0.1, -0.05) is 12.1 Å². The smallest absolute Gasteiger partial charge is 0.212 e. The molecule has 124 valence electrons. The van der Waals surface area contributed by atoms with E-state index in [-0.39, 0.29) is 18.8 Å². The summed E-state index contributed by atoms with van der Waals surface area (Å²) in [6, 6.07) is 4.77. The van der Waals surface area contributed by atoms with Crippen LogP contribution in [0.4, 0.5) is 4.39 Å². The predicted octanol–water partition coefficient (Wildman–Crippen LogP) is 0.918. The van der Waals surface area contributed by atoms with E-state index in [1.54, 1.807) is 6.92 Å². The zero-order valence-electron chi connectivity index (χ0n) is 12.2. The molecule has 0 unspecified atom stereocenters. The van der Waals surface area contributed by atoms with Gasteiger partial charge in [-0.05, 0) is 31.9 Å². The summed E-state index contributed by atoms with van der Waals surface area (Å²) in [6.07, 6.45) is 0.736. The quantitative estimate of drug-likeness (QED) is 0.856. The summed E-state index contributed by atoms with van der Waals surface area (Å²) in [5.74, 6) is -0.778. The van der Waals surface area contributed by atoms with Crippen molar-refractivity contribution in [1.82, 2.24) is 9.03 Å². The Bertz CT molecular complexity index is 726. The zero-order chi connectivity index (χ0) is 16.4. The first-order valence-electron chi connectivity index (χ1n) is 7.01. The minimum Gasteiger partial charge on any atom is -0.212 e. The van der Waals surface area contributed by atoms with Gasteiger partial charge in [0.1, 0.15) is 10.7 Å². The maximum atomic E-state index is 13.6. The molecule has 0 atom stereocenters. The van der Waals surface area contributed by atoms with Crippen LogP contribution in [0.25, 0.3) is 0 Å². The predicted molar refractivity (Wildman–Crippen MR) is 80.8 cm³/mol. The number of piperidine rings is 1. The molecule has 1 aliphatic heterocycles. The third kappa shape index (κ3) is 3.83. The molecule has 1 fully saturated rings. The lowest BCUT2D eigenvalue weighted by atomic mass is 10.1. The van der Waals surface area contributed by atoms with E-state index in [1.807, 2.05) is 0 Å². The number of nitrogens with zero attached hydrogens (tertiary/aromatic N) is 1. The Morgan fingerprint density at radius 1 is 1.18 bits per heavy atom. The summed E-state index contributed by atoms with van der Waals surface area (Å²) in [6.45, 7) is 2.10. The molecular weight excluding hydrogens is 331 g/mol. The van der Waals surface area contributed by atoms with E-state index >= 15 is 0 Å². The van der Waals surface area contributed by atoms with Crippen LogP contribution < -0.4 is 4.72 Å². The highest BCUT2D eigenvalue weighted by Gasteiger charge is 2.30. The average Bonchev–Trinajstić information content (AvgIpc) is 2.47. The lowest BCUT2D eigenvalue weighted by molar-refractivity contribution is 0.309. The molecule has 0 bridgehead atoms. The fourth-order valence-corrected chi connectivity index (χ4v) is 4.90. The SMILES string of the molecule is CCS(=O)(=O)N1CCC(NS(=O)(=O)c2ccccc2F)CC1. The largest absolute Gasteiger partial charge is 0.243 e. The molecule has 1 aliphatic rings. The van der Waals surface area contributed by atoms with Crippen LogP contribution in [0.5, 0.6) is 0 Å². The first-order valence-corrected chi connectivity index (χ1v) is 10.1. The van der Waals surface area contributed by atoms with Gasteiger partial charge in [-0.2, -0.15) is 0 Å². The fourth-order valence-electron chi connectivity index (χ4n) is 2.38. The second-order valence-electron chi connectivity index (χ2n) is 5.13. The Hall–Kier alpha value is -1.03. The minimum atomic E-state index is -3.94. The second kappa shape index (κ2) is 6.61. The van der Waals surface area contributed by atoms with Crippen molar-refractivity contribution in [1.29, 1.82) is 0 Å². The first kappa shape index (κ1) is 17.3. The molecule has 0 aliphatic carbocycles. The standard InChI is InChI=1S/C13H19FN2O4S2/c1-2-21(17,18)16-9-7-11(8-10-16)15-22(19,20)13-6-4-3-5-12(13)14/h3-6,11,15H,2,7-10H2,1H3. The zero-order valence-corrected chi connectivity index (χ0v) is 13.8. The number of hydrogen-bond donors (Lipinski definition) is 1.